The van der Waals surface area contributed by atoms with Gasteiger partial charge in [-0.2, -0.15) is 5.10 Å². The molecule has 2 heterocycles. The second-order valence-electron chi connectivity index (χ2n) is 6.23. The van der Waals surface area contributed by atoms with Crippen LogP contribution in [0.2, 0.25) is 0 Å². The minimum absolute atomic E-state index is 0.0605. The molecule has 0 aliphatic carbocycles. The number of amides is 1. The maximum atomic E-state index is 13.7. The summed E-state index contributed by atoms with van der Waals surface area (Å²) in [4.78, 5) is 14.3. The Bertz CT molecular complexity index is 721. The van der Waals surface area contributed by atoms with Crippen molar-refractivity contribution in [2.45, 2.75) is 32.2 Å². The zero-order valence-electron chi connectivity index (χ0n) is 13.8. The summed E-state index contributed by atoms with van der Waals surface area (Å²) < 4.78 is 15.5. The number of hydrogen-bond acceptors (Lipinski definition) is 3. The molecule has 5 nitrogen and oxygen atoms in total. The lowest BCUT2D eigenvalue weighted by molar-refractivity contribution is 0.0710. The van der Waals surface area contributed by atoms with Crippen molar-refractivity contribution in [2.24, 2.45) is 0 Å². The zero-order valence-corrected chi connectivity index (χ0v) is 13.8. The number of likely N-dealkylation sites (tertiary alicyclic amines) is 1. The van der Waals surface area contributed by atoms with E-state index in [1.54, 1.807) is 30.2 Å². The van der Waals surface area contributed by atoms with E-state index in [2.05, 4.69) is 5.10 Å². The standard InChI is InChI=1S/C18H22FN3O2/c1-13-2-3-15(12-16(13)19)18(24)21-8-5-14(6-9-21)17-4-7-20-22(17)10-11-23/h2-4,7,12,14,23H,5-6,8-11H2,1H3. The van der Waals surface area contributed by atoms with Crippen molar-refractivity contribution < 1.29 is 14.3 Å². The molecule has 24 heavy (non-hydrogen) atoms. The van der Waals surface area contributed by atoms with Crippen molar-refractivity contribution >= 4 is 5.91 Å². The van der Waals surface area contributed by atoms with Crippen LogP contribution < -0.4 is 0 Å². The number of carbonyl (C=O) groups excluding carboxylic acids is 1. The molecule has 0 bridgehead atoms. The molecule has 0 atom stereocenters. The molecule has 1 saturated heterocycles. The van der Waals surface area contributed by atoms with E-state index in [4.69, 9.17) is 5.11 Å². The number of rotatable bonds is 4. The highest BCUT2D eigenvalue weighted by Gasteiger charge is 2.26. The molecule has 0 unspecified atom stereocenters. The molecule has 1 amide bonds. The number of nitrogens with zero attached hydrogens (tertiary/aromatic N) is 3. The number of hydrogen-bond donors (Lipinski definition) is 1. The van der Waals surface area contributed by atoms with Gasteiger partial charge in [-0.3, -0.25) is 9.48 Å². The molecule has 2 aromatic rings. The Labute approximate surface area is 140 Å². The van der Waals surface area contributed by atoms with Gasteiger partial charge in [0.05, 0.1) is 13.2 Å². The Hall–Kier alpha value is -2.21. The van der Waals surface area contributed by atoms with Crippen molar-refractivity contribution in [2.75, 3.05) is 19.7 Å². The van der Waals surface area contributed by atoms with Crippen LogP contribution in [0.1, 0.15) is 40.4 Å². The lowest BCUT2D eigenvalue weighted by Gasteiger charge is -2.32. The van der Waals surface area contributed by atoms with Crippen LogP contribution in [0.5, 0.6) is 0 Å². The van der Waals surface area contributed by atoms with Crippen LogP contribution in [-0.2, 0) is 6.54 Å². The highest BCUT2D eigenvalue weighted by molar-refractivity contribution is 5.94. The molecule has 3 rings (SSSR count). The monoisotopic (exact) mass is 331 g/mol. The SMILES string of the molecule is Cc1ccc(C(=O)N2CCC(c3ccnn3CCO)CC2)cc1F. The third kappa shape index (κ3) is 3.33. The molecule has 1 fully saturated rings. The lowest BCUT2D eigenvalue weighted by Crippen LogP contribution is -2.38. The first-order valence-corrected chi connectivity index (χ1v) is 8.28. The largest absolute Gasteiger partial charge is 0.394 e. The summed E-state index contributed by atoms with van der Waals surface area (Å²) in [5.41, 5.74) is 2.06. The van der Waals surface area contributed by atoms with Gasteiger partial charge in [-0.05, 0) is 43.5 Å². The Morgan fingerprint density at radius 1 is 1.33 bits per heavy atom. The first-order valence-electron chi connectivity index (χ1n) is 8.28. The number of piperidine rings is 1. The van der Waals surface area contributed by atoms with Gasteiger partial charge in [0.2, 0.25) is 0 Å². The minimum Gasteiger partial charge on any atom is -0.394 e. The molecule has 0 radical (unpaired) electrons. The summed E-state index contributed by atoms with van der Waals surface area (Å²) in [6, 6.07) is 6.62. The maximum Gasteiger partial charge on any atom is 0.253 e. The van der Waals surface area contributed by atoms with E-state index in [1.807, 2.05) is 10.7 Å². The second kappa shape index (κ2) is 7.13. The summed E-state index contributed by atoms with van der Waals surface area (Å²) >= 11 is 0. The number of aliphatic hydroxyl groups is 1. The fourth-order valence-corrected chi connectivity index (χ4v) is 3.26. The third-order valence-corrected chi connectivity index (χ3v) is 4.68. The van der Waals surface area contributed by atoms with E-state index in [-0.39, 0.29) is 18.3 Å². The Kier molecular flexibility index (Phi) is 4.94. The molecule has 1 aromatic carbocycles. The van der Waals surface area contributed by atoms with Crippen LogP contribution in [0.25, 0.3) is 0 Å². The molecule has 6 heteroatoms. The van der Waals surface area contributed by atoms with Crippen LogP contribution >= 0.6 is 0 Å². The molecular formula is C18H22FN3O2. The van der Waals surface area contributed by atoms with E-state index in [0.717, 1.165) is 18.5 Å². The van der Waals surface area contributed by atoms with Gasteiger partial charge in [0.15, 0.2) is 0 Å². The van der Waals surface area contributed by atoms with E-state index >= 15 is 0 Å². The first kappa shape index (κ1) is 16.6. The summed E-state index contributed by atoms with van der Waals surface area (Å²) in [6.45, 7) is 3.52. The van der Waals surface area contributed by atoms with Crippen molar-refractivity contribution in [1.82, 2.24) is 14.7 Å². The average Bonchev–Trinajstić information content (AvgIpc) is 3.05. The van der Waals surface area contributed by atoms with Crippen LogP contribution in [0.3, 0.4) is 0 Å². The molecule has 1 aliphatic rings. The molecule has 128 valence electrons. The lowest BCUT2D eigenvalue weighted by atomic mass is 9.93. The van der Waals surface area contributed by atoms with Gasteiger partial charge in [-0.15, -0.1) is 0 Å². The predicted molar refractivity (Wildman–Crippen MR) is 88.3 cm³/mol. The molecular weight excluding hydrogens is 309 g/mol. The normalized spacial score (nSPS) is 15.7. The van der Waals surface area contributed by atoms with Gasteiger partial charge in [0, 0.05) is 36.5 Å². The maximum absolute atomic E-state index is 13.7. The summed E-state index contributed by atoms with van der Waals surface area (Å²) in [5, 5.41) is 13.3. The summed E-state index contributed by atoms with van der Waals surface area (Å²) in [6.07, 6.45) is 3.44. The number of aliphatic hydroxyl groups excluding tert-OH is 1. The van der Waals surface area contributed by atoms with E-state index in [1.165, 1.54) is 6.07 Å². The second-order valence-corrected chi connectivity index (χ2v) is 6.23. The number of halogens is 1. The highest BCUT2D eigenvalue weighted by Crippen LogP contribution is 2.28. The van der Waals surface area contributed by atoms with Gasteiger partial charge in [-0.25, -0.2) is 4.39 Å². The Morgan fingerprint density at radius 3 is 2.75 bits per heavy atom. The number of carbonyl (C=O) groups is 1. The van der Waals surface area contributed by atoms with Crippen molar-refractivity contribution in [3.05, 3.63) is 53.1 Å². The van der Waals surface area contributed by atoms with Crippen LogP contribution in [-0.4, -0.2) is 45.4 Å². The minimum atomic E-state index is -0.344. The molecule has 1 aliphatic heterocycles. The smallest absolute Gasteiger partial charge is 0.253 e. The van der Waals surface area contributed by atoms with Gasteiger partial charge in [-0.1, -0.05) is 6.07 Å². The number of aryl methyl sites for hydroxylation is 1. The summed E-state index contributed by atoms with van der Waals surface area (Å²) in [7, 11) is 0. The van der Waals surface area contributed by atoms with E-state index in [0.29, 0.717) is 36.7 Å². The fourth-order valence-electron chi connectivity index (χ4n) is 3.26. The van der Waals surface area contributed by atoms with Crippen LogP contribution in [0.4, 0.5) is 4.39 Å². The fraction of sp³-hybridized carbons (Fsp3) is 0.444. The van der Waals surface area contributed by atoms with Crippen LogP contribution in [0.15, 0.2) is 30.5 Å². The highest BCUT2D eigenvalue weighted by atomic mass is 19.1. The van der Waals surface area contributed by atoms with E-state index < -0.39 is 0 Å². The van der Waals surface area contributed by atoms with E-state index in [9.17, 15) is 9.18 Å². The topological polar surface area (TPSA) is 58.4 Å². The molecule has 0 spiro atoms. The first-order chi connectivity index (χ1) is 11.6. The van der Waals surface area contributed by atoms with Gasteiger partial charge in [0.25, 0.3) is 5.91 Å². The van der Waals surface area contributed by atoms with Gasteiger partial charge < -0.3 is 10.0 Å². The molecule has 1 N–H and O–H groups in total. The Balaban J connectivity index is 1.65. The quantitative estimate of drug-likeness (QED) is 0.935. The number of aromatic nitrogens is 2. The summed E-state index contributed by atoms with van der Waals surface area (Å²) in [5.74, 6) is -0.127. The van der Waals surface area contributed by atoms with Crippen molar-refractivity contribution in [1.29, 1.82) is 0 Å². The van der Waals surface area contributed by atoms with Crippen molar-refractivity contribution in [3.63, 3.8) is 0 Å². The average molecular weight is 331 g/mol. The Morgan fingerprint density at radius 2 is 2.08 bits per heavy atom. The van der Waals surface area contributed by atoms with Gasteiger partial charge >= 0.3 is 0 Å². The van der Waals surface area contributed by atoms with Crippen molar-refractivity contribution in [3.8, 4) is 0 Å². The molecule has 1 aromatic heterocycles. The zero-order chi connectivity index (χ0) is 17.1. The number of benzene rings is 1. The molecule has 0 saturated carbocycles. The van der Waals surface area contributed by atoms with Crippen LogP contribution in [0, 0.1) is 12.7 Å². The third-order valence-electron chi connectivity index (χ3n) is 4.68. The predicted octanol–water partition coefficient (Wildman–Crippen LogP) is 2.34. The van der Waals surface area contributed by atoms with Gasteiger partial charge in [0.1, 0.15) is 5.82 Å².